The number of ether oxygens (including phenoxy) is 1. The van der Waals surface area contributed by atoms with Crippen molar-refractivity contribution in [1.29, 1.82) is 0 Å². The van der Waals surface area contributed by atoms with E-state index >= 15 is 0 Å². The Balaban J connectivity index is 1.66. The summed E-state index contributed by atoms with van der Waals surface area (Å²) in [6.45, 7) is 5.26. The molecule has 0 unspecified atom stereocenters. The highest BCUT2D eigenvalue weighted by molar-refractivity contribution is 5.94. The zero-order valence-corrected chi connectivity index (χ0v) is 13.3. The standard InChI is InChI=1S/C18H21N3O2/c1-14-3-2-4-15(9-14)11-20-17-10-16(12-19-13-17)18(22)21-5-7-23-8-6-21/h2-4,9-10,12-13,20H,5-8,11H2,1H3. The van der Waals surface area contributed by atoms with Gasteiger partial charge in [0.2, 0.25) is 0 Å². The monoisotopic (exact) mass is 311 g/mol. The summed E-state index contributed by atoms with van der Waals surface area (Å²) in [5.74, 6) is 0.0139. The number of nitrogens with one attached hydrogen (secondary N) is 1. The average Bonchev–Trinajstić information content (AvgIpc) is 2.60. The van der Waals surface area contributed by atoms with E-state index in [1.54, 1.807) is 12.4 Å². The molecule has 1 aromatic carbocycles. The summed E-state index contributed by atoms with van der Waals surface area (Å²) in [5, 5.41) is 3.33. The Bertz CT molecular complexity index is 681. The number of hydrogen-bond donors (Lipinski definition) is 1. The minimum atomic E-state index is 0.0139. The van der Waals surface area contributed by atoms with Gasteiger partial charge < -0.3 is 15.0 Å². The molecule has 0 saturated carbocycles. The van der Waals surface area contributed by atoms with Crippen LogP contribution in [-0.2, 0) is 11.3 Å². The summed E-state index contributed by atoms with van der Waals surface area (Å²) in [6.07, 6.45) is 3.36. The first-order valence-electron chi connectivity index (χ1n) is 7.84. The number of benzene rings is 1. The van der Waals surface area contributed by atoms with E-state index < -0.39 is 0 Å². The summed E-state index contributed by atoms with van der Waals surface area (Å²) >= 11 is 0. The summed E-state index contributed by atoms with van der Waals surface area (Å²) in [6, 6.07) is 10.2. The van der Waals surface area contributed by atoms with Crippen LogP contribution in [0, 0.1) is 6.92 Å². The first kappa shape index (κ1) is 15.5. The van der Waals surface area contributed by atoms with E-state index in [1.165, 1.54) is 11.1 Å². The second-order valence-electron chi connectivity index (χ2n) is 5.71. The number of hydrogen-bond acceptors (Lipinski definition) is 4. The van der Waals surface area contributed by atoms with E-state index in [-0.39, 0.29) is 5.91 Å². The number of anilines is 1. The molecule has 5 nitrogen and oxygen atoms in total. The molecule has 1 fully saturated rings. The normalized spacial score (nSPS) is 14.6. The van der Waals surface area contributed by atoms with Gasteiger partial charge in [-0.05, 0) is 18.6 Å². The van der Waals surface area contributed by atoms with Crippen LogP contribution in [0.3, 0.4) is 0 Å². The van der Waals surface area contributed by atoms with E-state index in [1.807, 2.05) is 17.0 Å². The number of pyridine rings is 1. The lowest BCUT2D eigenvalue weighted by molar-refractivity contribution is 0.0302. The lowest BCUT2D eigenvalue weighted by atomic mass is 10.1. The molecular formula is C18H21N3O2. The molecule has 0 spiro atoms. The van der Waals surface area contributed by atoms with E-state index in [0.717, 1.165) is 5.69 Å². The van der Waals surface area contributed by atoms with Crippen LogP contribution in [-0.4, -0.2) is 42.1 Å². The van der Waals surface area contributed by atoms with Crippen LogP contribution in [0.4, 0.5) is 5.69 Å². The van der Waals surface area contributed by atoms with Crippen LogP contribution >= 0.6 is 0 Å². The van der Waals surface area contributed by atoms with Crippen LogP contribution in [0.25, 0.3) is 0 Å². The Morgan fingerprint density at radius 2 is 2.09 bits per heavy atom. The number of rotatable bonds is 4. The Labute approximate surface area is 136 Å². The highest BCUT2D eigenvalue weighted by Crippen LogP contribution is 2.14. The summed E-state index contributed by atoms with van der Waals surface area (Å²) in [5.41, 5.74) is 3.90. The van der Waals surface area contributed by atoms with E-state index in [4.69, 9.17) is 4.74 Å². The van der Waals surface area contributed by atoms with Crippen molar-refractivity contribution in [3.63, 3.8) is 0 Å². The SMILES string of the molecule is Cc1cccc(CNc2cncc(C(=O)N3CCOCC3)c2)c1. The fourth-order valence-electron chi connectivity index (χ4n) is 2.63. The fraction of sp³-hybridized carbons (Fsp3) is 0.333. The number of nitrogens with zero attached hydrogens (tertiary/aromatic N) is 2. The zero-order valence-electron chi connectivity index (χ0n) is 13.3. The van der Waals surface area contributed by atoms with Gasteiger partial charge in [-0.25, -0.2) is 0 Å². The molecule has 1 amide bonds. The second-order valence-corrected chi connectivity index (χ2v) is 5.71. The summed E-state index contributed by atoms with van der Waals surface area (Å²) < 4.78 is 5.28. The first-order valence-corrected chi connectivity index (χ1v) is 7.84. The predicted molar refractivity (Wildman–Crippen MR) is 89.5 cm³/mol. The number of morpholine rings is 1. The van der Waals surface area contributed by atoms with Gasteiger partial charge in [-0.15, -0.1) is 0 Å². The van der Waals surface area contributed by atoms with Crippen molar-refractivity contribution in [3.8, 4) is 0 Å². The van der Waals surface area contributed by atoms with E-state index in [0.29, 0.717) is 38.4 Å². The third-order valence-electron chi connectivity index (χ3n) is 3.86. The second kappa shape index (κ2) is 7.24. The molecule has 0 aliphatic carbocycles. The van der Waals surface area contributed by atoms with Crippen LogP contribution in [0.1, 0.15) is 21.5 Å². The van der Waals surface area contributed by atoms with Gasteiger partial charge >= 0.3 is 0 Å². The van der Waals surface area contributed by atoms with Gasteiger partial charge in [0.05, 0.1) is 24.5 Å². The van der Waals surface area contributed by atoms with Gasteiger partial charge in [-0.2, -0.15) is 0 Å². The smallest absolute Gasteiger partial charge is 0.255 e. The molecular weight excluding hydrogens is 290 g/mol. The molecule has 5 heteroatoms. The Morgan fingerprint density at radius 3 is 2.87 bits per heavy atom. The van der Waals surface area contributed by atoms with Gasteiger partial charge in [-0.1, -0.05) is 29.8 Å². The minimum Gasteiger partial charge on any atom is -0.380 e. The molecule has 2 aromatic rings. The maximum atomic E-state index is 12.5. The summed E-state index contributed by atoms with van der Waals surface area (Å²) in [4.78, 5) is 18.5. The quantitative estimate of drug-likeness (QED) is 0.942. The van der Waals surface area contributed by atoms with Gasteiger partial charge in [0.15, 0.2) is 0 Å². The maximum Gasteiger partial charge on any atom is 0.255 e. The highest BCUT2D eigenvalue weighted by atomic mass is 16.5. The van der Waals surface area contributed by atoms with Gasteiger partial charge in [0.1, 0.15) is 0 Å². The first-order chi connectivity index (χ1) is 11.2. The van der Waals surface area contributed by atoms with Crippen LogP contribution in [0.5, 0.6) is 0 Å². The molecule has 1 aromatic heterocycles. The van der Waals surface area contributed by atoms with Crippen LogP contribution in [0.15, 0.2) is 42.7 Å². The Morgan fingerprint density at radius 1 is 1.26 bits per heavy atom. The van der Waals surface area contributed by atoms with Crippen LogP contribution in [0.2, 0.25) is 0 Å². The van der Waals surface area contributed by atoms with Crippen molar-refractivity contribution < 1.29 is 9.53 Å². The minimum absolute atomic E-state index is 0.0139. The maximum absolute atomic E-state index is 12.5. The molecule has 1 aliphatic rings. The van der Waals surface area contributed by atoms with Crippen molar-refractivity contribution in [2.24, 2.45) is 0 Å². The largest absolute Gasteiger partial charge is 0.380 e. The summed E-state index contributed by atoms with van der Waals surface area (Å²) in [7, 11) is 0. The van der Waals surface area contributed by atoms with Crippen molar-refractivity contribution >= 4 is 11.6 Å². The van der Waals surface area contributed by atoms with Gasteiger partial charge in [0, 0.05) is 32.0 Å². The average molecular weight is 311 g/mol. The molecule has 0 bridgehead atoms. The molecule has 0 radical (unpaired) electrons. The van der Waals surface area contributed by atoms with Gasteiger partial charge in [0.25, 0.3) is 5.91 Å². The molecule has 1 N–H and O–H groups in total. The topological polar surface area (TPSA) is 54.5 Å². The zero-order chi connectivity index (χ0) is 16.1. The molecule has 3 rings (SSSR count). The third-order valence-corrected chi connectivity index (χ3v) is 3.86. The number of carbonyl (C=O) groups is 1. The fourth-order valence-corrected chi connectivity index (χ4v) is 2.63. The third kappa shape index (κ3) is 4.07. The number of aryl methyl sites for hydroxylation is 1. The van der Waals surface area contributed by atoms with Crippen LogP contribution < -0.4 is 5.32 Å². The predicted octanol–water partition coefficient (Wildman–Crippen LogP) is 2.47. The molecule has 120 valence electrons. The Hall–Kier alpha value is -2.40. The highest BCUT2D eigenvalue weighted by Gasteiger charge is 2.18. The Kier molecular flexibility index (Phi) is 4.88. The van der Waals surface area contributed by atoms with Gasteiger partial charge in [-0.3, -0.25) is 9.78 Å². The lowest BCUT2D eigenvalue weighted by Crippen LogP contribution is -2.40. The van der Waals surface area contributed by atoms with Crippen molar-refractivity contribution in [3.05, 3.63) is 59.4 Å². The van der Waals surface area contributed by atoms with Crippen molar-refractivity contribution in [2.75, 3.05) is 31.6 Å². The lowest BCUT2D eigenvalue weighted by Gasteiger charge is -2.26. The van der Waals surface area contributed by atoms with E-state index in [2.05, 4.69) is 35.4 Å². The molecule has 2 heterocycles. The molecule has 1 aliphatic heterocycles. The van der Waals surface area contributed by atoms with Crippen molar-refractivity contribution in [2.45, 2.75) is 13.5 Å². The number of aromatic nitrogens is 1. The molecule has 1 saturated heterocycles. The number of amides is 1. The molecule has 23 heavy (non-hydrogen) atoms. The van der Waals surface area contributed by atoms with Crippen molar-refractivity contribution in [1.82, 2.24) is 9.88 Å². The molecule has 0 atom stereocenters. The number of carbonyl (C=O) groups excluding carboxylic acids is 1. The van der Waals surface area contributed by atoms with E-state index in [9.17, 15) is 4.79 Å².